The molecular formula is C22H15Cl2F6N3O. The average molecular weight is 522 g/mol. The number of carbonyl (C=O) groups is 1. The fourth-order valence-corrected chi connectivity index (χ4v) is 3.56. The van der Waals surface area contributed by atoms with Gasteiger partial charge >= 0.3 is 18.4 Å². The molecule has 0 bridgehead atoms. The molecule has 4 nitrogen and oxygen atoms in total. The summed E-state index contributed by atoms with van der Waals surface area (Å²) in [7, 11) is 0. The van der Waals surface area contributed by atoms with Crippen LogP contribution in [0.1, 0.15) is 34.0 Å². The first-order valence-corrected chi connectivity index (χ1v) is 10.3. The lowest BCUT2D eigenvalue weighted by Gasteiger charge is -2.23. The second-order valence-corrected chi connectivity index (χ2v) is 7.89. The number of benzene rings is 2. The Hall–Kier alpha value is -2.98. The van der Waals surface area contributed by atoms with E-state index < -0.39 is 41.2 Å². The fraction of sp³-hybridized carbons (Fsp3) is 0.182. The molecule has 2 aromatic carbocycles. The topological polar surface area (TPSA) is 54.0 Å². The van der Waals surface area contributed by atoms with Gasteiger partial charge in [-0.2, -0.15) is 26.3 Å². The SMILES string of the molecule is O=C(NCc1ccc(Cl)cc1Cl)N[C@@H](c1ccc(C(F)(F)F)cc1)c1ncccc1C(F)(F)F. The highest BCUT2D eigenvalue weighted by molar-refractivity contribution is 6.35. The Labute approximate surface area is 199 Å². The van der Waals surface area contributed by atoms with Gasteiger partial charge in [0.05, 0.1) is 22.9 Å². The maximum atomic E-state index is 13.6. The number of pyridine rings is 1. The molecule has 34 heavy (non-hydrogen) atoms. The molecule has 3 rings (SSSR count). The van der Waals surface area contributed by atoms with Gasteiger partial charge in [0, 0.05) is 22.8 Å². The van der Waals surface area contributed by atoms with Crippen molar-refractivity contribution in [3.8, 4) is 0 Å². The van der Waals surface area contributed by atoms with Gasteiger partial charge in [0.15, 0.2) is 0 Å². The zero-order chi connectivity index (χ0) is 25.1. The summed E-state index contributed by atoms with van der Waals surface area (Å²) in [5.41, 5.74) is -2.25. The van der Waals surface area contributed by atoms with E-state index in [9.17, 15) is 31.1 Å². The van der Waals surface area contributed by atoms with Crippen LogP contribution in [0.25, 0.3) is 0 Å². The summed E-state index contributed by atoms with van der Waals surface area (Å²) >= 11 is 11.9. The number of amides is 2. The van der Waals surface area contributed by atoms with E-state index in [4.69, 9.17) is 23.2 Å². The van der Waals surface area contributed by atoms with E-state index in [0.29, 0.717) is 22.7 Å². The minimum absolute atomic E-state index is 0.0307. The van der Waals surface area contributed by atoms with Crippen LogP contribution in [-0.2, 0) is 18.9 Å². The molecule has 1 aromatic heterocycles. The highest BCUT2D eigenvalue weighted by atomic mass is 35.5. The molecule has 0 fully saturated rings. The molecule has 0 saturated carbocycles. The van der Waals surface area contributed by atoms with Crippen LogP contribution in [0.2, 0.25) is 10.0 Å². The smallest absolute Gasteiger partial charge is 0.334 e. The number of hydrogen-bond donors (Lipinski definition) is 2. The van der Waals surface area contributed by atoms with E-state index in [1.807, 2.05) is 0 Å². The van der Waals surface area contributed by atoms with Crippen LogP contribution >= 0.6 is 23.2 Å². The molecule has 0 saturated heterocycles. The summed E-state index contributed by atoms with van der Waals surface area (Å²) in [6.07, 6.45) is -8.36. The predicted molar refractivity (Wildman–Crippen MR) is 114 cm³/mol. The number of carbonyl (C=O) groups excluding carboxylic acids is 1. The number of nitrogens with zero attached hydrogens (tertiary/aromatic N) is 1. The first kappa shape index (κ1) is 25.6. The first-order chi connectivity index (χ1) is 15.9. The van der Waals surface area contributed by atoms with Gasteiger partial charge in [0.25, 0.3) is 0 Å². The molecule has 0 aliphatic carbocycles. The maximum Gasteiger partial charge on any atom is 0.418 e. The summed E-state index contributed by atoms with van der Waals surface area (Å²) in [5, 5.41) is 5.45. The van der Waals surface area contributed by atoms with Crippen LogP contribution in [0.5, 0.6) is 0 Å². The average Bonchev–Trinajstić information content (AvgIpc) is 2.76. The van der Waals surface area contributed by atoms with Crippen molar-refractivity contribution < 1.29 is 31.1 Å². The third-order valence-electron chi connectivity index (χ3n) is 4.72. The van der Waals surface area contributed by atoms with E-state index in [1.165, 1.54) is 12.1 Å². The Kier molecular flexibility index (Phi) is 7.62. The van der Waals surface area contributed by atoms with Crippen LogP contribution in [0.15, 0.2) is 60.8 Å². The minimum Gasteiger partial charge on any atom is -0.334 e. The number of alkyl halides is 6. The fourth-order valence-electron chi connectivity index (χ4n) is 3.08. The van der Waals surface area contributed by atoms with Crippen LogP contribution < -0.4 is 10.6 Å². The van der Waals surface area contributed by atoms with Crippen LogP contribution in [-0.4, -0.2) is 11.0 Å². The van der Waals surface area contributed by atoms with Gasteiger partial charge in [-0.1, -0.05) is 41.4 Å². The largest absolute Gasteiger partial charge is 0.418 e. The molecule has 180 valence electrons. The zero-order valence-electron chi connectivity index (χ0n) is 16.9. The van der Waals surface area contributed by atoms with Crippen molar-refractivity contribution in [1.29, 1.82) is 0 Å². The lowest BCUT2D eigenvalue weighted by Crippen LogP contribution is -2.39. The third-order valence-corrected chi connectivity index (χ3v) is 5.31. The second-order valence-electron chi connectivity index (χ2n) is 7.05. The molecule has 3 aromatic rings. The summed E-state index contributed by atoms with van der Waals surface area (Å²) in [6.45, 7) is -0.0874. The third kappa shape index (κ3) is 6.32. The van der Waals surface area contributed by atoms with Crippen LogP contribution in [0.4, 0.5) is 31.1 Å². The van der Waals surface area contributed by atoms with Crippen molar-refractivity contribution in [2.75, 3.05) is 0 Å². The van der Waals surface area contributed by atoms with Crippen molar-refractivity contribution in [3.63, 3.8) is 0 Å². The number of aromatic nitrogens is 1. The van der Waals surface area contributed by atoms with Gasteiger partial charge in [0.1, 0.15) is 0 Å². The van der Waals surface area contributed by atoms with Crippen LogP contribution in [0.3, 0.4) is 0 Å². The molecule has 0 spiro atoms. The highest BCUT2D eigenvalue weighted by Crippen LogP contribution is 2.36. The van der Waals surface area contributed by atoms with Gasteiger partial charge in [0.2, 0.25) is 0 Å². The molecule has 0 aliphatic heterocycles. The highest BCUT2D eigenvalue weighted by Gasteiger charge is 2.37. The summed E-state index contributed by atoms with van der Waals surface area (Å²) < 4.78 is 79.6. The van der Waals surface area contributed by atoms with E-state index >= 15 is 0 Å². The molecular weight excluding hydrogens is 507 g/mol. The lowest BCUT2D eigenvalue weighted by molar-refractivity contribution is -0.139. The monoisotopic (exact) mass is 521 g/mol. The van der Waals surface area contributed by atoms with E-state index in [-0.39, 0.29) is 17.1 Å². The Morgan fingerprint density at radius 3 is 2.21 bits per heavy atom. The van der Waals surface area contributed by atoms with Crippen molar-refractivity contribution in [3.05, 3.63) is 98.8 Å². The first-order valence-electron chi connectivity index (χ1n) is 9.54. The Bertz CT molecular complexity index is 1170. The van der Waals surface area contributed by atoms with Crippen LogP contribution in [0, 0.1) is 0 Å². The van der Waals surface area contributed by atoms with Crippen molar-refractivity contribution in [1.82, 2.24) is 15.6 Å². The molecule has 12 heteroatoms. The molecule has 0 aliphatic rings. The minimum atomic E-state index is -4.82. The van der Waals surface area contributed by atoms with Gasteiger partial charge in [-0.05, 0) is 47.5 Å². The standard InChI is InChI=1S/C22H15Cl2F6N3O/c23-15-8-5-13(17(24)10-15)11-32-20(34)33-18(12-3-6-14(7-4-12)21(25,26)27)19-16(22(28,29)30)2-1-9-31-19/h1-10,18H,11H2,(H2,32,33,34)/t18-/m0/s1. The zero-order valence-corrected chi connectivity index (χ0v) is 18.4. The number of rotatable bonds is 5. The second kappa shape index (κ2) is 10.1. The summed E-state index contributed by atoms with van der Waals surface area (Å²) in [6, 6.07) is 7.39. The molecule has 2 N–H and O–H groups in total. The van der Waals surface area contributed by atoms with Gasteiger partial charge in [-0.3, -0.25) is 4.98 Å². The summed E-state index contributed by atoms with van der Waals surface area (Å²) in [4.78, 5) is 16.3. The predicted octanol–water partition coefficient (Wildman–Crippen LogP) is 7.01. The van der Waals surface area contributed by atoms with Crippen molar-refractivity contribution >= 4 is 29.2 Å². The number of hydrogen-bond acceptors (Lipinski definition) is 2. The van der Waals surface area contributed by atoms with Gasteiger partial charge in [-0.15, -0.1) is 0 Å². The number of urea groups is 1. The molecule has 2 amide bonds. The number of halogens is 8. The van der Waals surface area contributed by atoms with Gasteiger partial charge in [-0.25, -0.2) is 4.79 Å². The number of nitrogens with one attached hydrogen (secondary N) is 2. The normalized spacial score (nSPS) is 12.8. The molecule has 0 unspecified atom stereocenters. The van der Waals surface area contributed by atoms with E-state index in [2.05, 4.69) is 15.6 Å². The Morgan fingerprint density at radius 2 is 1.62 bits per heavy atom. The van der Waals surface area contributed by atoms with Crippen molar-refractivity contribution in [2.45, 2.75) is 24.9 Å². The molecule has 1 heterocycles. The van der Waals surface area contributed by atoms with Gasteiger partial charge < -0.3 is 10.6 Å². The Balaban J connectivity index is 1.92. The van der Waals surface area contributed by atoms with E-state index in [0.717, 1.165) is 30.5 Å². The van der Waals surface area contributed by atoms with Crippen molar-refractivity contribution in [2.24, 2.45) is 0 Å². The molecule has 0 radical (unpaired) electrons. The van der Waals surface area contributed by atoms with E-state index in [1.54, 1.807) is 6.07 Å². The quantitative estimate of drug-likeness (QED) is 0.354. The maximum absolute atomic E-state index is 13.6. The Morgan fingerprint density at radius 1 is 0.941 bits per heavy atom. The molecule has 1 atom stereocenters. The summed E-state index contributed by atoms with van der Waals surface area (Å²) in [5.74, 6) is 0. The lowest BCUT2D eigenvalue weighted by atomic mass is 9.98.